The number of carbonyl (C=O) groups is 2. The summed E-state index contributed by atoms with van der Waals surface area (Å²) in [5.74, 6) is -0.201. The second-order valence-corrected chi connectivity index (χ2v) is 9.05. The maximum atomic E-state index is 13.6. The molecule has 1 heterocycles. The van der Waals surface area contributed by atoms with Crippen LogP contribution < -0.4 is 15.1 Å². The van der Waals surface area contributed by atoms with Crippen molar-refractivity contribution in [1.82, 2.24) is 0 Å². The molecule has 1 N–H and O–H groups in total. The molecule has 180 valence electrons. The van der Waals surface area contributed by atoms with Crippen LogP contribution in [0.2, 0.25) is 0 Å². The van der Waals surface area contributed by atoms with E-state index < -0.39 is 0 Å². The Bertz CT molecular complexity index is 1370. The molecule has 1 aliphatic rings. The van der Waals surface area contributed by atoms with Crippen LogP contribution in [0.5, 0.6) is 0 Å². The number of aryl methyl sites for hydroxylation is 1. The van der Waals surface area contributed by atoms with Crippen molar-refractivity contribution in [2.75, 3.05) is 28.2 Å². The fourth-order valence-electron chi connectivity index (χ4n) is 4.68. The molecule has 0 aromatic heterocycles. The lowest BCUT2D eigenvalue weighted by Gasteiger charge is -2.27. The third kappa shape index (κ3) is 5.01. The highest BCUT2D eigenvalue weighted by atomic mass is 16.2. The highest BCUT2D eigenvalue weighted by Crippen LogP contribution is 2.34. The zero-order valence-electron chi connectivity index (χ0n) is 20.4. The van der Waals surface area contributed by atoms with E-state index in [1.165, 1.54) is 5.56 Å². The Morgan fingerprint density at radius 3 is 2.17 bits per heavy atom. The van der Waals surface area contributed by atoms with E-state index in [4.69, 9.17) is 0 Å². The summed E-state index contributed by atoms with van der Waals surface area (Å²) in [7, 11) is 0. The van der Waals surface area contributed by atoms with E-state index in [2.05, 4.69) is 40.5 Å². The zero-order chi connectivity index (χ0) is 24.9. The summed E-state index contributed by atoms with van der Waals surface area (Å²) in [6.45, 7) is 4.23. The minimum absolute atomic E-state index is 0.0409. The van der Waals surface area contributed by atoms with Crippen LogP contribution in [0.25, 0.3) is 0 Å². The number of nitrogens with one attached hydrogen (secondary N) is 1. The summed E-state index contributed by atoms with van der Waals surface area (Å²) in [4.78, 5) is 30.5. The van der Waals surface area contributed by atoms with Gasteiger partial charge in [0.15, 0.2) is 0 Å². The summed E-state index contributed by atoms with van der Waals surface area (Å²) in [5, 5.41) is 2.93. The highest BCUT2D eigenvalue weighted by molar-refractivity contribution is 6.09. The molecule has 0 atom stereocenters. The highest BCUT2D eigenvalue weighted by Gasteiger charge is 2.25. The van der Waals surface area contributed by atoms with Crippen LogP contribution in [-0.2, 0) is 6.54 Å². The Labute approximate surface area is 212 Å². The van der Waals surface area contributed by atoms with Crippen LogP contribution in [0.4, 0.5) is 17.1 Å². The fourth-order valence-corrected chi connectivity index (χ4v) is 4.68. The standard InChI is InChI=1S/C31H29N3O2/c1-23-10-5-6-13-27(23)30(35)32-26-18-16-25(17-19-26)31(36)34-21-9-20-33(22-24-11-3-2-4-12-24)28-14-7-8-15-29(28)34/h2-8,10-19H,9,20-22H2,1H3,(H,32,35). The van der Waals surface area contributed by atoms with E-state index >= 15 is 0 Å². The van der Waals surface area contributed by atoms with Crippen molar-refractivity contribution < 1.29 is 9.59 Å². The number of rotatable bonds is 5. The van der Waals surface area contributed by atoms with Crippen LogP contribution in [0.1, 0.15) is 38.3 Å². The molecular formula is C31H29N3O2. The van der Waals surface area contributed by atoms with Gasteiger partial charge in [-0.25, -0.2) is 0 Å². The van der Waals surface area contributed by atoms with Gasteiger partial charge >= 0.3 is 0 Å². The molecule has 4 aromatic carbocycles. The van der Waals surface area contributed by atoms with Gasteiger partial charge in [-0.2, -0.15) is 0 Å². The van der Waals surface area contributed by atoms with Crippen molar-refractivity contribution in [2.45, 2.75) is 19.9 Å². The maximum absolute atomic E-state index is 13.6. The summed E-state index contributed by atoms with van der Waals surface area (Å²) < 4.78 is 0. The van der Waals surface area contributed by atoms with Gasteiger partial charge in [-0.1, -0.05) is 60.7 Å². The average Bonchev–Trinajstić information content (AvgIpc) is 3.09. The van der Waals surface area contributed by atoms with Crippen LogP contribution in [-0.4, -0.2) is 24.9 Å². The van der Waals surface area contributed by atoms with E-state index in [1.807, 2.05) is 54.3 Å². The minimum atomic E-state index is -0.160. The predicted octanol–water partition coefficient (Wildman–Crippen LogP) is 6.30. The number of fused-ring (bicyclic) bond motifs is 1. The molecule has 0 saturated heterocycles. The van der Waals surface area contributed by atoms with Crippen LogP contribution >= 0.6 is 0 Å². The van der Waals surface area contributed by atoms with Gasteiger partial charge in [0.25, 0.3) is 11.8 Å². The quantitative estimate of drug-likeness (QED) is 0.368. The van der Waals surface area contributed by atoms with Gasteiger partial charge in [-0.05, 0) is 66.9 Å². The van der Waals surface area contributed by atoms with Crippen molar-refractivity contribution in [3.05, 3.63) is 125 Å². The van der Waals surface area contributed by atoms with E-state index in [0.29, 0.717) is 23.4 Å². The number of para-hydroxylation sites is 2. The van der Waals surface area contributed by atoms with Gasteiger partial charge in [0, 0.05) is 36.4 Å². The van der Waals surface area contributed by atoms with Gasteiger partial charge in [0.05, 0.1) is 11.4 Å². The maximum Gasteiger partial charge on any atom is 0.258 e. The lowest BCUT2D eigenvalue weighted by molar-refractivity contribution is 0.0986. The Kier molecular flexibility index (Phi) is 6.80. The van der Waals surface area contributed by atoms with Gasteiger partial charge in [0.2, 0.25) is 0 Å². The van der Waals surface area contributed by atoms with Gasteiger partial charge in [-0.15, -0.1) is 0 Å². The van der Waals surface area contributed by atoms with Crippen LogP contribution in [0.15, 0.2) is 103 Å². The number of benzene rings is 4. The lowest BCUT2D eigenvalue weighted by Crippen LogP contribution is -2.31. The third-order valence-corrected chi connectivity index (χ3v) is 6.56. The fraction of sp³-hybridized carbons (Fsp3) is 0.161. The first-order chi connectivity index (χ1) is 17.6. The van der Waals surface area contributed by atoms with Crippen LogP contribution in [0, 0.1) is 6.92 Å². The van der Waals surface area contributed by atoms with Gasteiger partial charge in [0.1, 0.15) is 0 Å². The van der Waals surface area contributed by atoms with Gasteiger partial charge < -0.3 is 15.1 Å². The summed E-state index contributed by atoms with van der Waals surface area (Å²) in [5.41, 5.74) is 6.04. The van der Waals surface area contributed by atoms with E-state index in [1.54, 1.807) is 30.3 Å². The SMILES string of the molecule is Cc1ccccc1C(=O)Nc1ccc(C(=O)N2CCCN(Cc3ccccc3)c3ccccc32)cc1. The number of amides is 2. The van der Waals surface area contributed by atoms with Crippen molar-refractivity contribution >= 4 is 28.9 Å². The second kappa shape index (κ2) is 10.5. The minimum Gasteiger partial charge on any atom is -0.365 e. The largest absolute Gasteiger partial charge is 0.365 e. The first kappa shape index (κ1) is 23.4. The molecule has 0 saturated carbocycles. The van der Waals surface area contributed by atoms with Crippen LogP contribution in [0.3, 0.4) is 0 Å². The zero-order valence-corrected chi connectivity index (χ0v) is 20.4. The Balaban J connectivity index is 1.34. The monoisotopic (exact) mass is 475 g/mol. The molecular weight excluding hydrogens is 446 g/mol. The molecule has 2 amide bonds. The molecule has 5 heteroatoms. The number of carbonyl (C=O) groups excluding carboxylic acids is 2. The van der Waals surface area contributed by atoms with E-state index in [0.717, 1.165) is 36.4 Å². The summed E-state index contributed by atoms with van der Waals surface area (Å²) >= 11 is 0. The Morgan fingerprint density at radius 2 is 1.42 bits per heavy atom. The average molecular weight is 476 g/mol. The molecule has 4 aromatic rings. The van der Waals surface area contributed by atoms with Crippen molar-refractivity contribution in [3.63, 3.8) is 0 Å². The molecule has 5 nitrogen and oxygen atoms in total. The predicted molar refractivity (Wildman–Crippen MR) is 146 cm³/mol. The second-order valence-electron chi connectivity index (χ2n) is 9.05. The number of hydrogen-bond donors (Lipinski definition) is 1. The Morgan fingerprint density at radius 1 is 0.750 bits per heavy atom. The van der Waals surface area contributed by atoms with E-state index in [9.17, 15) is 9.59 Å². The summed E-state index contributed by atoms with van der Waals surface area (Å²) in [6, 6.07) is 33.2. The Hall–Kier alpha value is -4.38. The topological polar surface area (TPSA) is 52.7 Å². The molecule has 36 heavy (non-hydrogen) atoms. The molecule has 0 aliphatic carbocycles. The molecule has 0 bridgehead atoms. The molecule has 1 aliphatic heterocycles. The van der Waals surface area contributed by atoms with Crippen molar-refractivity contribution in [1.29, 1.82) is 0 Å². The number of nitrogens with zero attached hydrogens (tertiary/aromatic N) is 2. The normalized spacial score (nSPS) is 13.0. The first-order valence-corrected chi connectivity index (χ1v) is 12.3. The number of anilines is 3. The molecule has 0 fully saturated rings. The van der Waals surface area contributed by atoms with Gasteiger partial charge in [-0.3, -0.25) is 9.59 Å². The molecule has 0 radical (unpaired) electrons. The number of hydrogen-bond acceptors (Lipinski definition) is 3. The molecule has 0 spiro atoms. The smallest absolute Gasteiger partial charge is 0.258 e. The first-order valence-electron chi connectivity index (χ1n) is 12.3. The van der Waals surface area contributed by atoms with Crippen molar-refractivity contribution in [3.8, 4) is 0 Å². The molecule has 0 unspecified atom stereocenters. The third-order valence-electron chi connectivity index (χ3n) is 6.56. The van der Waals surface area contributed by atoms with E-state index in [-0.39, 0.29) is 11.8 Å². The lowest BCUT2D eigenvalue weighted by atomic mass is 10.1. The summed E-state index contributed by atoms with van der Waals surface area (Å²) in [6.07, 6.45) is 0.873. The molecule has 5 rings (SSSR count). The van der Waals surface area contributed by atoms with Crippen molar-refractivity contribution in [2.24, 2.45) is 0 Å².